The Morgan fingerprint density at radius 2 is 1.83 bits per heavy atom. The highest BCUT2D eigenvalue weighted by atomic mass is 16.5. The monoisotopic (exact) mass is 317 g/mol. The molecule has 5 heteroatoms. The van der Waals surface area contributed by atoms with Gasteiger partial charge in [0, 0.05) is 11.6 Å². The number of ether oxygens (including phenoxy) is 2. The number of hydrogen-bond donors (Lipinski definition) is 1. The molecule has 1 saturated carbocycles. The van der Waals surface area contributed by atoms with E-state index >= 15 is 0 Å². The first-order valence-corrected chi connectivity index (χ1v) is 7.83. The maximum Gasteiger partial charge on any atom is 0.331 e. The summed E-state index contributed by atoms with van der Waals surface area (Å²) in [4.78, 5) is 24.4. The molecular weight excluding hydrogens is 294 g/mol. The fourth-order valence-electron chi connectivity index (χ4n) is 2.98. The van der Waals surface area contributed by atoms with Crippen LogP contribution >= 0.6 is 0 Å². The molecule has 0 spiro atoms. The molecule has 1 fully saturated rings. The number of nitrogens with one attached hydrogen (secondary N) is 1. The highest BCUT2D eigenvalue weighted by molar-refractivity contribution is 5.96. The predicted octanol–water partition coefficient (Wildman–Crippen LogP) is 2.70. The van der Waals surface area contributed by atoms with Crippen LogP contribution in [-0.4, -0.2) is 31.6 Å². The minimum Gasteiger partial charge on any atom is -0.496 e. The van der Waals surface area contributed by atoms with Crippen molar-refractivity contribution in [1.29, 1.82) is 0 Å². The summed E-state index contributed by atoms with van der Waals surface area (Å²) in [6.07, 6.45) is 7.24. The van der Waals surface area contributed by atoms with Crippen LogP contribution in [0.25, 0.3) is 6.08 Å². The summed E-state index contributed by atoms with van der Waals surface area (Å²) < 4.78 is 10.1. The van der Waals surface area contributed by atoms with Crippen molar-refractivity contribution in [3.8, 4) is 5.75 Å². The van der Waals surface area contributed by atoms with Gasteiger partial charge in [-0.2, -0.15) is 0 Å². The van der Waals surface area contributed by atoms with Gasteiger partial charge < -0.3 is 14.8 Å². The summed E-state index contributed by atoms with van der Waals surface area (Å²) in [5.74, 6) is 0.0244. The number of hydrogen-bond acceptors (Lipinski definition) is 4. The largest absolute Gasteiger partial charge is 0.496 e. The third kappa shape index (κ3) is 4.12. The topological polar surface area (TPSA) is 64.6 Å². The van der Waals surface area contributed by atoms with Gasteiger partial charge in [0.05, 0.1) is 14.2 Å². The second-order valence-electron chi connectivity index (χ2n) is 5.70. The molecule has 0 saturated heterocycles. The van der Waals surface area contributed by atoms with Gasteiger partial charge in [0.15, 0.2) is 0 Å². The molecule has 1 aromatic rings. The second-order valence-corrected chi connectivity index (χ2v) is 5.70. The summed E-state index contributed by atoms with van der Waals surface area (Å²) in [5.41, 5.74) is -0.0873. The number of rotatable bonds is 5. The molecule has 1 N–H and O–H groups in total. The Hall–Kier alpha value is -2.30. The molecule has 0 aliphatic heterocycles. The zero-order chi connectivity index (χ0) is 16.7. The summed E-state index contributed by atoms with van der Waals surface area (Å²) >= 11 is 0. The minimum atomic E-state index is -0.894. The number of amides is 1. The number of para-hydroxylation sites is 1. The first-order valence-electron chi connectivity index (χ1n) is 7.83. The fraction of sp³-hybridized carbons (Fsp3) is 0.444. The molecule has 0 aromatic heterocycles. The Kier molecular flexibility index (Phi) is 5.79. The molecule has 0 radical (unpaired) electrons. The molecule has 1 aromatic carbocycles. The van der Waals surface area contributed by atoms with E-state index in [1.807, 2.05) is 24.3 Å². The Balaban J connectivity index is 2.10. The van der Waals surface area contributed by atoms with Gasteiger partial charge in [0.2, 0.25) is 5.91 Å². The number of methoxy groups -OCH3 is 2. The van der Waals surface area contributed by atoms with Crippen molar-refractivity contribution in [1.82, 2.24) is 5.32 Å². The Morgan fingerprint density at radius 1 is 1.13 bits per heavy atom. The molecule has 0 atom stereocenters. The highest BCUT2D eigenvalue weighted by Gasteiger charge is 2.41. The lowest BCUT2D eigenvalue weighted by Gasteiger charge is -2.34. The first kappa shape index (κ1) is 17.1. The number of benzene rings is 1. The molecule has 2 rings (SSSR count). The molecule has 0 unspecified atom stereocenters. The molecule has 1 aliphatic carbocycles. The quantitative estimate of drug-likeness (QED) is 0.670. The van der Waals surface area contributed by atoms with Crippen molar-refractivity contribution in [2.45, 2.75) is 37.6 Å². The van der Waals surface area contributed by atoms with Gasteiger partial charge in [-0.25, -0.2) is 4.79 Å². The molecule has 23 heavy (non-hydrogen) atoms. The average Bonchev–Trinajstić information content (AvgIpc) is 2.60. The summed E-state index contributed by atoms with van der Waals surface area (Å²) in [6.45, 7) is 0. The van der Waals surface area contributed by atoms with Gasteiger partial charge in [-0.15, -0.1) is 0 Å². The summed E-state index contributed by atoms with van der Waals surface area (Å²) in [7, 11) is 2.94. The summed E-state index contributed by atoms with van der Waals surface area (Å²) in [6, 6.07) is 7.43. The van der Waals surface area contributed by atoms with E-state index in [4.69, 9.17) is 9.47 Å². The highest BCUT2D eigenvalue weighted by Crippen LogP contribution is 2.29. The van der Waals surface area contributed by atoms with Crippen LogP contribution in [0.1, 0.15) is 37.7 Å². The lowest BCUT2D eigenvalue weighted by molar-refractivity contribution is -0.152. The number of esters is 1. The van der Waals surface area contributed by atoms with Crippen LogP contribution in [0, 0.1) is 0 Å². The normalized spacial score (nSPS) is 16.8. The summed E-state index contributed by atoms with van der Waals surface area (Å²) in [5, 5.41) is 2.85. The van der Waals surface area contributed by atoms with Crippen molar-refractivity contribution in [2.75, 3.05) is 14.2 Å². The van der Waals surface area contributed by atoms with Gasteiger partial charge in [-0.1, -0.05) is 37.5 Å². The number of carbonyl (C=O) groups is 2. The molecular formula is C18H23NO4. The standard InChI is InChI=1S/C18H23NO4/c1-22-15-9-5-4-8-14(15)10-11-16(20)19-18(17(21)23-2)12-6-3-7-13-18/h4-5,8-11H,3,6-7,12-13H2,1-2H3,(H,19,20)/b11-10+. The van der Waals surface area contributed by atoms with Crippen LogP contribution in [0.2, 0.25) is 0 Å². The maximum atomic E-state index is 12.3. The van der Waals surface area contributed by atoms with Gasteiger partial charge in [0.1, 0.15) is 11.3 Å². The maximum absolute atomic E-state index is 12.3. The lowest BCUT2D eigenvalue weighted by atomic mass is 9.81. The van der Waals surface area contributed by atoms with Crippen LogP contribution in [0.5, 0.6) is 5.75 Å². The molecule has 0 heterocycles. The lowest BCUT2D eigenvalue weighted by Crippen LogP contribution is -2.55. The third-order valence-corrected chi connectivity index (χ3v) is 4.20. The van der Waals surface area contributed by atoms with Crippen molar-refractivity contribution in [3.05, 3.63) is 35.9 Å². The van der Waals surface area contributed by atoms with E-state index in [9.17, 15) is 9.59 Å². The van der Waals surface area contributed by atoms with E-state index in [-0.39, 0.29) is 11.9 Å². The van der Waals surface area contributed by atoms with Gasteiger partial charge in [0.25, 0.3) is 0 Å². The Bertz CT molecular complexity index is 588. The van der Waals surface area contributed by atoms with E-state index in [1.54, 1.807) is 13.2 Å². The van der Waals surface area contributed by atoms with E-state index in [1.165, 1.54) is 13.2 Å². The first-order chi connectivity index (χ1) is 11.1. The molecule has 0 bridgehead atoms. The average molecular weight is 317 g/mol. The molecule has 1 aliphatic rings. The van der Waals surface area contributed by atoms with Gasteiger partial charge >= 0.3 is 5.97 Å². The fourth-order valence-corrected chi connectivity index (χ4v) is 2.98. The van der Waals surface area contributed by atoms with Crippen molar-refractivity contribution in [2.24, 2.45) is 0 Å². The van der Waals surface area contributed by atoms with Gasteiger partial charge in [-0.05, 0) is 25.0 Å². The zero-order valence-corrected chi connectivity index (χ0v) is 13.6. The number of carbonyl (C=O) groups excluding carboxylic acids is 2. The van der Waals surface area contributed by atoms with E-state index in [2.05, 4.69) is 5.32 Å². The van der Waals surface area contributed by atoms with Crippen molar-refractivity contribution < 1.29 is 19.1 Å². The predicted molar refractivity (Wildman–Crippen MR) is 88.0 cm³/mol. The third-order valence-electron chi connectivity index (χ3n) is 4.20. The van der Waals surface area contributed by atoms with Crippen LogP contribution in [0.4, 0.5) is 0 Å². The Morgan fingerprint density at radius 3 is 2.48 bits per heavy atom. The Labute approximate surface area is 136 Å². The van der Waals surface area contributed by atoms with E-state index in [0.29, 0.717) is 18.6 Å². The van der Waals surface area contributed by atoms with Crippen LogP contribution in [-0.2, 0) is 14.3 Å². The SMILES string of the molecule is COC(=O)C1(NC(=O)/C=C/c2ccccc2OC)CCCCC1. The van der Waals surface area contributed by atoms with Gasteiger partial charge in [-0.3, -0.25) is 4.79 Å². The molecule has 1 amide bonds. The second kappa shape index (κ2) is 7.81. The zero-order valence-electron chi connectivity index (χ0n) is 13.6. The van der Waals surface area contributed by atoms with Crippen LogP contribution < -0.4 is 10.1 Å². The van der Waals surface area contributed by atoms with Crippen LogP contribution in [0.3, 0.4) is 0 Å². The van der Waals surface area contributed by atoms with Crippen molar-refractivity contribution in [3.63, 3.8) is 0 Å². The van der Waals surface area contributed by atoms with Crippen LogP contribution in [0.15, 0.2) is 30.3 Å². The smallest absolute Gasteiger partial charge is 0.331 e. The van der Waals surface area contributed by atoms with E-state index < -0.39 is 5.54 Å². The molecule has 124 valence electrons. The molecule has 5 nitrogen and oxygen atoms in total. The minimum absolute atomic E-state index is 0.303. The van der Waals surface area contributed by atoms with Crippen molar-refractivity contribution >= 4 is 18.0 Å². The van der Waals surface area contributed by atoms with E-state index in [0.717, 1.165) is 24.8 Å².